The van der Waals surface area contributed by atoms with Gasteiger partial charge in [-0.15, -0.1) is 0 Å². The molecule has 0 spiro atoms. The van der Waals surface area contributed by atoms with Crippen molar-refractivity contribution < 1.29 is 4.74 Å². The second kappa shape index (κ2) is 3.59. The van der Waals surface area contributed by atoms with E-state index in [0.717, 1.165) is 24.3 Å². The fraction of sp³-hybridized carbons (Fsp3) is 0.545. The Morgan fingerprint density at radius 3 is 2.73 bits per heavy atom. The molecule has 4 nitrogen and oxygen atoms in total. The molecule has 1 fully saturated rings. The molecule has 0 saturated carbocycles. The third-order valence-electron chi connectivity index (χ3n) is 3.18. The number of nitriles is 1. The van der Waals surface area contributed by atoms with E-state index in [-0.39, 0.29) is 0 Å². The van der Waals surface area contributed by atoms with E-state index in [9.17, 15) is 0 Å². The van der Waals surface area contributed by atoms with Crippen LogP contribution in [-0.4, -0.2) is 17.8 Å². The highest BCUT2D eigenvalue weighted by Crippen LogP contribution is 2.30. The third-order valence-corrected chi connectivity index (χ3v) is 3.18. The highest BCUT2D eigenvalue weighted by molar-refractivity contribution is 5.58. The first-order valence-electron chi connectivity index (χ1n) is 5.11. The van der Waals surface area contributed by atoms with Crippen molar-refractivity contribution in [2.45, 2.75) is 26.3 Å². The topological polar surface area (TPSA) is 64.0 Å². The van der Waals surface area contributed by atoms with Crippen LogP contribution < -0.4 is 5.73 Å². The van der Waals surface area contributed by atoms with Gasteiger partial charge < -0.3 is 15.0 Å². The van der Waals surface area contributed by atoms with Gasteiger partial charge in [0, 0.05) is 12.3 Å². The Morgan fingerprint density at radius 1 is 1.53 bits per heavy atom. The highest BCUT2D eigenvalue weighted by Gasteiger charge is 2.24. The van der Waals surface area contributed by atoms with Crippen molar-refractivity contribution >= 4 is 5.82 Å². The molecule has 4 heteroatoms. The number of nitrogens with zero attached hydrogens (tertiary/aromatic N) is 2. The predicted octanol–water partition coefficient (Wildman–Crippen LogP) is 1.52. The van der Waals surface area contributed by atoms with Gasteiger partial charge in [0.15, 0.2) is 0 Å². The van der Waals surface area contributed by atoms with E-state index in [2.05, 4.69) is 6.07 Å². The molecule has 0 amide bonds. The molecule has 0 radical (unpaired) electrons. The minimum atomic E-state index is 0.297. The summed E-state index contributed by atoms with van der Waals surface area (Å²) >= 11 is 0. The molecule has 1 aromatic rings. The lowest BCUT2D eigenvalue weighted by atomic mass is 10.2. The van der Waals surface area contributed by atoms with E-state index in [0.29, 0.717) is 24.0 Å². The van der Waals surface area contributed by atoms with Crippen molar-refractivity contribution in [3.8, 4) is 6.07 Å². The van der Waals surface area contributed by atoms with E-state index < -0.39 is 0 Å². The lowest BCUT2D eigenvalue weighted by Crippen LogP contribution is -2.13. The number of nitrogens with two attached hydrogens (primary N) is 1. The standard InChI is InChI=1S/C11H15N3O/c1-7-8(2)14(9-3-4-15-6-9)11(13)10(7)5-12/h9H,3-4,6,13H2,1-2H3. The van der Waals surface area contributed by atoms with Crippen LogP contribution in [-0.2, 0) is 4.74 Å². The van der Waals surface area contributed by atoms with E-state index in [1.165, 1.54) is 0 Å². The molecule has 2 rings (SSSR count). The van der Waals surface area contributed by atoms with Gasteiger partial charge in [-0.1, -0.05) is 0 Å². The maximum absolute atomic E-state index is 9.01. The van der Waals surface area contributed by atoms with Gasteiger partial charge in [0.25, 0.3) is 0 Å². The van der Waals surface area contributed by atoms with Gasteiger partial charge in [0.1, 0.15) is 11.9 Å². The Hall–Kier alpha value is -1.47. The largest absolute Gasteiger partial charge is 0.384 e. The zero-order valence-electron chi connectivity index (χ0n) is 9.08. The number of nitrogen functional groups attached to an aromatic ring is 1. The second-order valence-electron chi connectivity index (χ2n) is 3.97. The summed E-state index contributed by atoms with van der Waals surface area (Å²) in [7, 11) is 0. The zero-order chi connectivity index (χ0) is 11.0. The van der Waals surface area contributed by atoms with E-state index in [4.69, 9.17) is 15.7 Å². The lowest BCUT2D eigenvalue weighted by Gasteiger charge is -2.15. The highest BCUT2D eigenvalue weighted by atomic mass is 16.5. The Labute approximate surface area is 89.2 Å². The summed E-state index contributed by atoms with van der Waals surface area (Å²) in [6.07, 6.45) is 0.976. The van der Waals surface area contributed by atoms with Gasteiger partial charge in [-0.2, -0.15) is 5.26 Å². The summed E-state index contributed by atoms with van der Waals surface area (Å²) in [4.78, 5) is 0. The number of anilines is 1. The molecule has 0 bridgehead atoms. The zero-order valence-corrected chi connectivity index (χ0v) is 9.08. The number of hydrogen-bond acceptors (Lipinski definition) is 3. The molecule has 80 valence electrons. The van der Waals surface area contributed by atoms with E-state index in [1.807, 2.05) is 18.4 Å². The van der Waals surface area contributed by atoms with Gasteiger partial charge in [-0.25, -0.2) is 0 Å². The minimum Gasteiger partial charge on any atom is -0.384 e. The van der Waals surface area contributed by atoms with Crippen LogP contribution in [0.15, 0.2) is 0 Å². The summed E-state index contributed by atoms with van der Waals surface area (Å²) in [5.41, 5.74) is 8.66. The van der Waals surface area contributed by atoms with E-state index >= 15 is 0 Å². The molecule has 1 atom stereocenters. The Balaban J connectivity index is 2.52. The van der Waals surface area contributed by atoms with Gasteiger partial charge in [-0.05, 0) is 25.8 Å². The number of ether oxygens (including phenoxy) is 1. The average molecular weight is 205 g/mol. The molecular formula is C11H15N3O. The first kappa shape index (κ1) is 10.1. The first-order chi connectivity index (χ1) is 7.16. The fourth-order valence-corrected chi connectivity index (χ4v) is 2.19. The number of rotatable bonds is 1. The molecule has 1 aromatic heterocycles. The van der Waals surface area contributed by atoms with Crippen LogP contribution in [0.3, 0.4) is 0 Å². The van der Waals surface area contributed by atoms with Gasteiger partial charge in [0.05, 0.1) is 18.2 Å². The molecule has 0 aromatic carbocycles. The van der Waals surface area contributed by atoms with Crippen LogP contribution in [0.4, 0.5) is 5.82 Å². The summed E-state index contributed by atoms with van der Waals surface area (Å²) in [6.45, 7) is 5.42. The Kier molecular flexibility index (Phi) is 2.41. The molecule has 2 N–H and O–H groups in total. The van der Waals surface area contributed by atoms with Crippen LogP contribution in [0.1, 0.15) is 29.3 Å². The summed E-state index contributed by atoms with van der Waals surface area (Å²) in [5, 5.41) is 9.01. The van der Waals surface area contributed by atoms with Crippen molar-refractivity contribution in [1.29, 1.82) is 5.26 Å². The molecule has 1 unspecified atom stereocenters. The fourth-order valence-electron chi connectivity index (χ4n) is 2.19. The van der Waals surface area contributed by atoms with Crippen LogP contribution in [0.25, 0.3) is 0 Å². The van der Waals surface area contributed by atoms with Gasteiger partial charge in [-0.3, -0.25) is 0 Å². The Morgan fingerprint density at radius 2 is 2.27 bits per heavy atom. The average Bonchev–Trinajstić information content (AvgIpc) is 2.77. The summed E-state index contributed by atoms with van der Waals surface area (Å²) < 4.78 is 7.39. The molecule has 15 heavy (non-hydrogen) atoms. The second-order valence-corrected chi connectivity index (χ2v) is 3.97. The monoisotopic (exact) mass is 205 g/mol. The maximum atomic E-state index is 9.01. The maximum Gasteiger partial charge on any atom is 0.122 e. The Bertz CT molecular complexity index is 422. The SMILES string of the molecule is Cc1c(C#N)c(N)n(C2CCOC2)c1C. The van der Waals surface area contributed by atoms with Gasteiger partial charge in [0.2, 0.25) is 0 Å². The van der Waals surface area contributed by atoms with Crippen molar-refractivity contribution in [2.24, 2.45) is 0 Å². The molecule has 2 heterocycles. The van der Waals surface area contributed by atoms with E-state index in [1.54, 1.807) is 0 Å². The number of aromatic nitrogens is 1. The minimum absolute atomic E-state index is 0.297. The van der Waals surface area contributed by atoms with Crippen molar-refractivity contribution in [2.75, 3.05) is 18.9 Å². The number of hydrogen-bond donors (Lipinski definition) is 1. The molecule has 1 aliphatic rings. The third kappa shape index (κ3) is 1.40. The molecule has 1 saturated heterocycles. The molecule has 0 aliphatic carbocycles. The van der Waals surface area contributed by atoms with Crippen molar-refractivity contribution in [1.82, 2.24) is 4.57 Å². The molecular weight excluding hydrogens is 190 g/mol. The quantitative estimate of drug-likeness (QED) is 0.756. The lowest BCUT2D eigenvalue weighted by molar-refractivity contribution is 0.186. The first-order valence-corrected chi connectivity index (χ1v) is 5.11. The van der Waals surface area contributed by atoms with Crippen LogP contribution in [0.5, 0.6) is 0 Å². The van der Waals surface area contributed by atoms with Crippen molar-refractivity contribution in [3.63, 3.8) is 0 Å². The van der Waals surface area contributed by atoms with Crippen LogP contribution >= 0.6 is 0 Å². The normalized spacial score (nSPS) is 20.5. The van der Waals surface area contributed by atoms with Crippen molar-refractivity contribution in [3.05, 3.63) is 16.8 Å². The van der Waals surface area contributed by atoms with Crippen LogP contribution in [0, 0.1) is 25.2 Å². The predicted molar refractivity (Wildman–Crippen MR) is 57.5 cm³/mol. The molecule has 1 aliphatic heterocycles. The summed E-state index contributed by atoms with van der Waals surface area (Å²) in [5.74, 6) is 0.586. The van der Waals surface area contributed by atoms with Gasteiger partial charge >= 0.3 is 0 Å². The van der Waals surface area contributed by atoms with Crippen LogP contribution in [0.2, 0.25) is 0 Å². The summed E-state index contributed by atoms with van der Waals surface area (Å²) in [6, 6.07) is 2.46. The smallest absolute Gasteiger partial charge is 0.122 e.